The molecule has 10 nitrogen and oxygen atoms in total. The van der Waals surface area contributed by atoms with Crippen LogP contribution in [0.1, 0.15) is 38.3 Å². The smallest absolute Gasteiger partial charge is 0.280 e. The van der Waals surface area contributed by atoms with Gasteiger partial charge in [-0.3, -0.25) is 20.4 Å². The van der Waals surface area contributed by atoms with Crippen molar-refractivity contribution in [2.75, 3.05) is 27.9 Å². The van der Waals surface area contributed by atoms with Crippen LogP contribution in [0.25, 0.3) is 10.2 Å². The Kier molecular flexibility index (Phi) is 7.44. The maximum Gasteiger partial charge on any atom is 0.280 e. The number of fused-ring (bicyclic) bond motifs is 1. The highest BCUT2D eigenvalue weighted by molar-refractivity contribution is 7.20. The molecule has 0 saturated heterocycles. The van der Waals surface area contributed by atoms with Crippen LogP contribution in [-0.2, 0) is 11.3 Å². The molecule has 0 atom stereocenters. The molecule has 3 aromatic rings. The molecular weight excluding hydrogens is 436 g/mol. The maximum atomic E-state index is 12.8. The lowest BCUT2D eigenvalue weighted by molar-refractivity contribution is 0.0848. The number of nitrogens with zero attached hydrogens (tertiary/aromatic N) is 2. The van der Waals surface area contributed by atoms with E-state index in [-0.39, 0.29) is 6.61 Å². The van der Waals surface area contributed by atoms with Crippen LogP contribution in [-0.4, -0.2) is 49.7 Å². The lowest BCUT2D eigenvalue weighted by atomic mass is 10.2. The van der Waals surface area contributed by atoms with Gasteiger partial charge in [-0.05, 0) is 37.6 Å². The summed E-state index contributed by atoms with van der Waals surface area (Å²) >= 11 is 1.18. The summed E-state index contributed by atoms with van der Waals surface area (Å²) in [6.07, 6.45) is 0. The third-order valence-electron chi connectivity index (χ3n) is 4.49. The van der Waals surface area contributed by atoms with Crippen molar-refractivity contribution in [1.29, 1.82) is 0 Å². The fraction of sp³-hybridized carbons (Fsp3) is 0.333. The van der Waals surface area contributed by atoms with Gasteiger partial charge in [-0.15, -0.1) is 11.3 Å². The van der Waals surface area contributed by atoms with Crippen molar-refractivity contribution in [2.45, 2.75) is 20.5 Å². The van der Waals surface area contributed by atoms with Crippen molar-refractivity contribution in [3.63, 3.8) is 0 Å². The highest BCUT2D eigenvalue weighted by Crippen LogP contribution is 2.35. The van der Waals surface area contributed by atoms with E-state index in [1.807, 2.05) is 6.92 Å². The Morgan fingerprint density at radius 2 is 1.78 bits per heavy atom. The van der Waals surface area contributed by atoms with Crippen LogP contribution in [0.4, 0.5) is 0 Å². The minimum atomic E-state index is -0.502. The lowest BCUT2D eigenvalue weighted by Crippen LogP contribution is -2.41. The van der Waals surface area contributed by atoms with Gasteiger partial charge in [0.1, 0.15) is 11.4 Å². The highest BCUT2D eigenvalue weighted by Gasteiger charge is 2.22. The molecule has 11 heteroatoms. The molecule has 2 amide bonds. The van der Waals surface area contributed by atoms with E-state index < -0.39 is 11.8 Å². The number of aryl methyl sites for hydroxylation is 1. The third kappa shape index (κ3) is 4.73. The second kappa shape index (κ2) is 10.2. The van der Waals surface area contributed by atoms with Crippen LogP contribution in [0.5, 0.6) is 17.4 Å². The predicted molar refractivity (Wildman–Crippen MR) is 119 cm³/mol. The van der Waals surface area contributed by atoms with Crippen molar-refractivity contribution < 1.29 is 28.5 Å². The Bertz CT molecular complexity index is 1150. The molecule has 2 heterocycles. The largest absolute Gasteiger partial charge is 0.493 e. The van der Waals surface area contributed by atoms with E-state index in [1.165, 1.54) is 31.6 Å². The van der Waals surface area contributed by atoms with E-state index in [0.29, 0.717) is 56.0 Å². The summed E-state index contributed by atoms with van der Waals surface area (Å²) in [6, 6.07) is 4.75. The van der Waals surface area contributed by atoms with E-state index in [9.17, 15) is 9.59 Å². The van der Waals surface area contributed by atoms with E-state index in [1.54, 1.807) is 26.2 Å². The van der Waals surface area contributed by atoms with Gasteiger partial charge in [0.25, 0.3) is 11.8 Å². The first-order valence-corrected chi connectivity index (χ1v) is 10.5. The molecule has 0 aliphatic carbocycles. The zero-order valence-electron chi connectivity index (χ0n) is 18.4. The summed E-state index contributed by atoms with van der Waals surface area (Å²) < 4.78 is 21.2. The summed E-state index contributed by atoms with van der Waals surface area (Å²) in [4.78, 5) is 35.0. The fourth-order valence-electron chi connectivity index (χ4n) is 3.03. The standard InChI is InChI=1S/C21H24N4O6S/c1-6-31-13-8-7-12(9-14(13)29-4)18(26)24-25-19(27)17-11(2)16-20(30-5)22-15(10-28-3)23-21(16)32-17/h7-9H,6,10H2,1-5H3,(H,24,26)(H,25,27). The number of hydrogen-bond donors (Lipinski definition) is 2. The van der Waals surface area contributed by atoms with Crippen LogP contribution < -0.4 is 25.1 Å². The first kappa shape index (κ1) is 23.2. The number of carbonyl (C=O) groups excluding carboxylic acids is 2. The summed E-state index contributed by atoms with van der Waals surface area (Å²) in [5.74, 6) is 0.775. The summed E-state index contributed by atoms with van der Waals surface area (Å²) in [5, 5.41) is 0.644. The fourth-order valence-corrected chi connectivity index (χ4v) is 4.11. The molecule has 2 N–H and O–H groups in total. The zero-order chi connectivity index (χ0) is 23.3. The molecule has 0 aliphatic heterocycles. The Morgan fingerprint density at radius 1 is 1.03 bits per heavy atom. The molecule has 0 unspecified atom stereocenters. The van der Waals surface area contributed by atoms with Gasteiger partial charge in [0, 0.05) is 12.7 Å². The Hall–Kier alpha value is -3.44. The van der Waals surface area contributed by atoms with Gasteiger partial charge < -0.3 is 18.9 Å². The molecular formula is C21H24N4O6S. The minimum absolute atomic E-state index is 0.215. The summed E-state index contributed by atoms with van der Waals surface area (Å²) in [5.41, 5.74) is 5.81. The van der Waals surface area contributed by atoms with Crippen LogP contribution in [0, 0.1) is 6.92 Å². The molecule has 0 radical (unpaired) electrons. The molecule has 0 bridgehead atoms. The Balaban J connectivity index is 1.78. The molecule has 32 heavy (non-hydrogen) atoms. The number of methoxy groups -OCH3 is 3. The number of aromatic nitrogens is 2. The Morgan fingerprint density at radius 3 is 2.44 bits per heavy atom. The monoisotopic (exact) mass is 460 g/mol. The van der Waals surface area contributed by atoms with Gasteiger partial charge in [-0.2, -0.15) is 4.98 Å². The highest BCUT2D eigenvalue weighted by atomic mass is 32.1. The van der Waals surface area contributed by atoms with E-state index in [2.05, 4.69) is 20.8 Å². The number of hydrogen-bond acceptors (Lipinski definition) is 9. The van der Waals surface area contributed by atoms with Crippen molar-refractivity contribution >= 4 is 33.4 Å². The average molecular weight is 461 g/mol. The number of benzene rings is 1. The van der Waals surface area contributed by atoms with Crippen molar-refractivity contribution in [3.8, 4) is 17.4 Å². The van der Waals surface area contributed by atoms with Gasteiger partial charge in [-0.1, -0.05) is 0 Å². The molecule has 170 valence electrons. The van der Waals surface area contributed by atoms with Gasteiger partial charge in [0.05, 0.1) is 31.1 Å². The van der Waals surface area contributed by atoms with Crippen LogP contribution in [0.15, 0.2) is 18.2 Å². The van der Waals surface area contributed by atoms with Crippen molar-refractivity contribution in [2.24, 2.45) is 0 Å². The number of thiophene rings is 1. The normalized spacial score (nSPS) is 10.7. The second-order valence-electron chi connectivity index (χ2n) is 6.53. The quantitative estimate of drug-likeness (QED) is 0.492. The number of rotatable bonds is 8. The summed E-state index contributed by atoms with van der Waals surface area (Å²) in [6.45, 7) is 4.31. The van der Waals surface area contributed by atoms with Gasteiger partial charge in [0.2, 0.25) is 5.88 Å². The van der Waals surface area contributed by atoms with Crippen LogP contribution in [0.2, 0.25) is 0 Å². The molecule has 1 aromatic carbocycles. The molecule has 0 saturated carbocycles. The molecule has 2 aromatic heterocycles. The number of hydrazine groups is 1. The summed E-state index contributed by atoms with van der Waals surface area (Å²) in [7, 11) is 4.53. The lowest BCUT2D eigenvalue weighted by Gasteiger charge is -2.11. The number of amides is 2. The van der Waals surface area contributed by atoms with Gasteiger partial charge >= 0.3 is 0 Å². The molecule has 0 aliphatic rings. The van der Waals surface area contributed by atoms with Crippen molar-refractivity contribution in [1.82, 2.24) is 20.8 Å². The average Bonchev–Trinajstić information content (AvgIpc) is 3.13. The minimum Gasteiger partial charge on any atom is -0.493 e. The SMILES string of the molecule is CCOc1ccc(C(=O)NNC(=O)c2sc3nc(COC)nc(OC)c3c2C)cc1OC. The topological polar surface area (TPSA) is 121 Å². The first-order valence-electron chi connectivity index (χ1n) is 9.67. The van der Waals surface area contributed by atoms with Gasteiger partial charge in [-0.25, -0.2) is 4.98 Å². The van der Waals surface area contributed by atoms with Crippen LogP contribution in [0.3, 0.4) is 0 Å². The Labute approximate surface area is 188 Å². The van der Waals surface area contributed by atoms with Crippen molar-refractivity contribution in [3.05, 3.63) is 40.0 Å². The van der Waals surface area contributed by atoms with E-state index in [4.69, 9.17) is 18.9 Å². The third-order valence-corrected chi connectivity index (χ3v) is 5.68. The van der Waals surface area contributed by atoms with E-state index in [0.717, 1.165) is 0 Å². The van der Waals surface area contributed by atoms with E-state index >= 15 is 0 Å². The number of carbonyl (C=O) groups is 2. The maximum absolute atomic E-state index is 12.8. The second-order valence-corrected chi connectivity index (χ2v) is 7.52. The predicted octanol–water partition coefficient (Wildman–Crippen LogP) is 2.64. The number of nitrogens with one attached hydrogen (secondary N) is 2. The molecule has 0 fully saturated rings. The van der Waals surface area contributed by atoms with Crippen LogP contribution >= 0.6 is 11.3 Å². The molecule has 0 spiro atoms. The number of ether oxygens (including phenoxy) is 4. The zero-order valence-corrected chi connectivity index (χ0v) is 19.2. The first-order chi connectivity index (χ1) is 15.4. The van der Waals surface area contributed by atoms with Gasteiger partial charge in [0.15, 0.2) is 17.3 Å². The molecule has 3 rings (SSSR count).